The highest BCUT2D eigenvalue weighted by Crippen LogP contribution is 2.26. The maximum absolute atomic E-state index is 12.5. The van der Waals surface area contributed by atoms with Crippen molar-refractivity contribution in [3.05, 3.63) is 93.7 Å². The Morgan fingerprint density at radius 2 is 1.71 bits per heavy atom. The average Bonchev–Trinajstić information content (AvgIpc) is 3.15. The second kappa shape index (κ2) is 7.93. The van der Waals surface area contributed by atoms with Gasteiger partial charge in [-0.25, -0.2) is 0 Å². The number of amides is 1. The first-order valence-electron chi connectivity index (χ1n) is 8.22. The van der Waals surface area contributed by atoms with Crippen molar-refractivity contribution >= 4 is 17.2 Å². The lowest BCUT2D eigenvalue weighted by molar-refractivity contribution is -0.120. The molecule has 3 rings (SSSR count). The molecule has 2 nitrogen and oxygen atoms in total. The molecule has 0 spiro atoms. The zero-order chi connectivity index (χ0) is 16.8. The third-order valence-corrected chi connectivity index (χ3v) is 5.00. The number of nitrogens with one attached hydrogen (secondary N) is 1. The summed E-state index contributed by atoms with van der Waals surface area (Å²) in [7, 11) is 0. The summed E-state index contributed by atoms with van der Waals surface area (Å²) in [5.74, 6) is 0.0409. The number of carbonyl (C=O) groups excluding carboxylic acids is 1. The van der Waals surface area contributed by atoms with Gasteiger partial charge in [-0.1, -0.05) is 67.6 Å². The minimum absolute atomic E-state index is 0.0409. The van der Waals surface area contributed by atoms with Crippen LogP contribution in [0.5, 0.6) is 0 Å². The molecule has 3 aromatic rings. The Morgan fingerprint density at radius 3 is 2.33 bits per heavy atom. The summed E-state index contributed by atoms with van der Waals surface area (Å²) in [5.41, 5.74) is 3.46. The fourth-order valence-corrected chi connectivity index (χ4v) is 3.52. The molecule has 0 fully saturated rings. The Bertz CT molecular complexity index is 763. The van der Waals surface area contributed by atoms with Gasteiger partial charge in [0, 0.05) is 4.88 Å². The van der Waals surface area contributed by atoms with Crippen LogP contribution in [0.3, 0.4) is 0 Å². The van der Waals surface area contributed by atoms with Crippen LogP contribution in [0.1, 0.15) is 34.5 Å². The van der Waals surface area contributed by atoms with Crippen molar-refractivity contribution in [2.75, 3.05) is 0 Å². The predicted octanol–water partition coefficient (Wildman–Crippen LogP) is 4.76. The Balaban J connectivity index is 1.79. The second-order valence-electron chi connectivity index (χ2n) is 5.77. The Hall–Kier alpha value is -2.39. The van der Waals surface area contributed by atoms with Crippen LogP contribution in [0.2, 0.25) is 0 Å². The molecule has 1 atom stereocenters. The van der Waals surface area contributed by atoms with E-state index in [4.69, 9.17) is 0 Å². The molecule has 0 aliphatic heterocycles. The zero-order valence-electron chi connectivity index (χ0n) is 13.7. The molecule has 0 radical (unpaired) electrons. The smallest absolute Gasteiger partial charge is 0.225 e. The monoisotopic (exact) mass is 335 g/mol. The number of thiophene rings is 1. The molecule has 1 aromatic heterocycles. The third kappa shape index (κ3) is 4.12. The van der Waals surface area contributed by atoms with E-state index in [0.717, 1.165) is 22.4 Å². The standard InChI is InChI=1S/C21H21NOS/c1-2-16-10-12-18(13-11-16)21(19-9-6-14-24-19)22-20(23)15-17-7-4-3-5-8-17/h3-14,21H,2,15H2,1H3,(H,22,23)/t21-/m0/s1. The predicted molar refractivity (Wildman–Crippen MR) is 100 cm³/mol. The van der Waals surface area contributed by atoms with Crippen molar-refractivity contribution in [2.24, 2.45) is 0 Å². The zero-order valence-corrected chi connectivity index (χ0v) is 14.6. The molecular weight excluding hydrogens is 314 g/mol. The second-order valence-corrected chi connectivity index (χ2v) is 6.75. The van der Waals surface area contributed by atoms with Crippen LogP contribution in [0.4, 0.5) is 0 Å². The molecular formula is C21H21NOS. The van der Waals surface area contributed by atoms with Crippen LogP contribution in [-0.2, 0) is 17.6 Å². The normalized spacial score (nSPS) is 11.9. The minimum atomic E-state index is -0.0906. The molecule has 0 aliphatic rings. The van der Waals surface area contributed by atoms with Crippen LogP contribution in [-0.4, -0.2) is 5.91 Å². The van der Waals surface area contributed by atoms with Crippen LogP contribution in [0.15, 0.2) is 72.1 Å². The maximum Gasteiger partial charge on any atom is 0.225 e. The van der Waals surface area contributed by atoms with Gasteiger partial charge in [-0.15, -0.1) is 11.3 Å². The summed E-state index contributed by atoms with van der Waals surface area (Å²) >= 11 is 1.67. The summed E-state index contributed by atoms with van der Waals surface area (Å²) in [6.45, 7) is 2.15. The number of hydrogen-bond acceptors (Lipinski definition) is 2. The van der Waals surface area contributed by atoms with E-state index in [2.05, 4.69) is 42.6 Å². The van der Waals surface area contributed by atoms with Gasteiger partial charge < -0.3 is 5.32 Å². The van der Waals surface area contributed by atoms with E-state index in [0.29, 0.717) is 6.42 Å². The van der Waals surface area contributed by atoms with Gasteiger partial charge in [-0.2, -0.15) is 0 Å². The largest absolute Gasteiger partial charge is 0.344 e. The van der Waals surface area contributed by atoms with E-state index in [-0.39, 0.29) is 11.9 Å². The Labute approximate surface area is 147 Å². The topological polar surface area (TPSA) is 29.1 Å². The van der Waals surface area contributed by atoms with Gasteiger partial charge in [0.25, 0.3) is 0 Å². The van der Waals surface area contributed by atoms with Gasteiger partial charge in [0.1, 0.15) is 0 Å². The number of hydrogen-bond donors (Lipinski definition) is 1. The van der Waals surface area contributed by atoms with Crippen molar-refractivity contribution in [1.82, 2.24) is 5.32 Å². The summed E-state index contributed by atoms with van der Waals surface area (Å²) in [6, 6.07) is 22.4. The Morgan fingerprint density at radius 1 is 0.958 bits per heavy atom. The van der Waals surface area contributed by atoms with Crippen LogP contribution < -0.4 is 5.32 Å². The van der Waals surface area contributed by atoms with Crippen molar-refractivity contribution in [2.45, 2.75) is 25.8 Å². The SMILES string of the molecule is CCc1ccc([C@H](NC(=O)Cc2ccccc2)c2cccs2)cc1. The van der Waals surface area contributed by atoms with Gasteiger partial charge >= 0.3 is 0 Å². The van der Waals surface area contributed by atoms with E-state index in [1.165, 1.54) is 5.56 Å². The van der Waals surface area contributed by atoms with E-state index in [1.54, 1.807) is 11.3 Å². The van der Waals surface area contributed by atoms with Crippen LogP contribution in [0, 0.1) is 0 Å². The van der Waals surface area contributed by atoms with Gasteiger partial charge in [0.15, 0.2) is 0 Å². The van der Waals surface area contributed by atoms with Crippen LogP contribution >= 0.6 is 11.3 Å². The molecule has 0 bridgehead atoms. The molecule has 0 aliphatic carbocycles. The van der Waals surface area contributed by atoms with Crippen molar-refractivity contribution < 1.29 is 4.79 Å². The number of carbonyl (C=O) groups is 1. The molecule has 3 heteroatoms. The van der Waals surface area contributed by atoms with E-state index in [9.17, 15) is 4.79 Å². The Kier molecular flexibility index (Phi) is 5.44. The number of benzene rings is 2. The summed E-state index contributed by atoms with van der Waals surface area (Å²) in [4.78, 5) is 13.7. The summed E-state index contributed by atoms with van der Waals surface area (Å²) in [6.07, 6.45) is 1.42. The average molecular weight is 335 g/mol. The van der Waals surface area contributed by atoms with E-state index in [1.807, 2.05) is 41.8 Å². The lowest BCUT2D eigenvalue weighted by Crippen LogP contribution is -2.30. The number of rotatable bonds is 6. The highest BCUT2D eigenvalue weighted by atomic mass is 32.1. The molecule has 122 valence electrons. The lowest BCUT2D eigenvalue weighted by Gasteiger charge is -2.18. The molecule has 1 heterocycles. The first kappa shape index (κ1) is 16.5. The first-order valence-corrected chi connectivity index (χ1v) is 9.09. The van der Waals surface area contributed by atoms with Crippen molar-refractivity contribution in [1.29, 1.82) is 0 Å². The molecule has 2 aromatic carbocycles. The first-order chi connectivity index (χ1) is 11.8. The molecule has 24 heavy (non-hydrogen) atoms. The molecule has 0 saturated heterocycles. The van der Waals surface area contributed by atoms with Gasteiger partial charge in [0.05, 0.1) is 12.5 Å². The quantitative estimate of drug-likeness (QED) is 0.691. The lowest BCUT2D eigenvalue weighted by atomic mass is 10.0. The highest BCUT2D eigenvalue weighted by molar-refractivity contribution is 7.10. The highest BCUT2D eigenvalue weighted by Gasteiger charge is 2.18. The van der Waals surface area contributed by atoms with Gasteiger partial charge in [0.2, 0.25) is 5.91 Å². The van der Waals surface area contributed by atoms with E-state index < -0.39 is 0 Å². The van der Waals surface area contributed by atoms with Crippen molar-refractivity contribution in [3.63, 3.8) is 0 Å². The maximum atomic E-state index is 12.5. The fourth-order valence-electron chi connectivity index (χ4n) is 2.71. The minimum Gasteiger partial charge on any atom is -0.344 e. The van der Waals surface area contributed by atoms with Gasteiger partial charge in [-0.05, 0) is 34.6 Å². The molecule has 1 N–H and O–H groups in total. The number of aryl methyl sites for hydroxylation is 1. The van der Waals surface area contributed by atoms with E-state index >= 15 is 0 Å². The molecule has 0 saturated carbocycles. The summed E-state index contributed by atoms with van der Waals surface area (Å²) < 4.78 is 0. The molecule has 0 unspecified atom stereocenters. The van der Waals surface area contributed by atoms with Crippen LogP contribution in [0.25, 0.3) is 0 Å². The fraction of sp³-hybridized carbons (Fsp3) is 0.190. The van der Waals surface area contributed by atoms with Gasteiger partial charge in [-0.3, -0.25) is 4.79 Å². The van der Waals surface area contributed by atoms with Crippen molar-refractivity contribution in [3.8, 4) is 0 Å². The molecule has 1 amide bonds. The third-order valence-electron chi connectivity index (χ3n) is 4.06. The summed E-state index contributed by atoms with van der Waals surface area (Å²) in [5, 5.41) is 5.24.